The van der Waals surface area contributed by atoms with Crippen LogP contribution in [0.1, 0.15) is 24.1 Å². The minimum Gasteiger partial charge on any atom is -0.392 e. The van der Waals surface area contributed by atoms with Crippen LogP contribution < -0.4 is 0 Å². The van der Waals surface area contributed by atoms with Gasteiger partial charge in [-0.05, 0) is 42.0 Å². The lowest BCUT2D eigenvalue weighted by molar-refractivity contribution is 0.136. The SMILES string of the molecule is OC(Cc1cccs1)C1C2CCCC21. The van der Waals surface area contributed by atoms with Crippen LogP contribution in [0.3, 0.4) is 0 Å². The molecule has 0 aromatic carbocycles. The van der Waals surface area contributed by atoms with Crippen LogP contribution in [0.5, 0.6) is 0 Å². The third kappa shape index (κ3) is 1.41. The minimum absolute atomic E-state index is 0.0658. The summed E-state index contributed by atoms with van der Waals surface area (Å²) in [7, 11) is 0. The maximum absolute atomic E-state index is 10.1. The zero-order valence-corrected chi connectivity index (χ0v) is 9.04. The van der Waals surface area contributed by atoms with Gasteiger partial charge in [0, 0.05) is 11.3 Å². The molecule has 2 aliphatic rings. The Hall–Kier alpha value is -0.340. The Morgan fingerprint density at radius 1 is 1.43 bits per heavy atom. The van der Waals surface area contributed by atoms with Crippen molar-refractivity contribution in [2.24, 2.45) is 17.8 Å². The molecule has 1 heterocycles. The van der Waals surface area contributed by atoms with Gasteiger partial charge in [0.05, 0.1) is 6.10 Å². The van der Waals surface area contributed by atoms with Crippen LogP contribution in [0.15, 0.2) is 17.5 Å². The van der Waals surface area contributed by atoms with Gasteiger partial charge >= 0.3 is 0 Å². The van der Waals surface area contributed by atoms with E-state index in [1.807, 2.05) is 0 Å². The molecule has 0 spiro atoms. The standard InChI is InChI=1S/C12H16OS/c13-11(7-8-3-2-6-14-8)12-9-4-1-5-10(9)12/h2-3,6,9-13H,1,4-5,7H2. The maximum Gasteiger partial charge on any atom is 0.0622 e. The van der Waals surface area contributed by atoms with E-state index in [1.54, 1.807) is 11.3 Å². The summed E-state index contributed by atoms with van der Waals surface area (Å²) in [6, 6.07) is 4.20. The van der Waals surface area contributed by atoms with Gasteiger partial charge in [-0.1, -0.05) is 12.5 Å². The first-order chi connectivity index (χ1) is 6.86. The Morgan fingerprint density at radius 2 is 2.21 bits per heavy atom. The lowest BCUT2D eigenvalue weighted by Gasteiger charge is -2.10. The van der Waals surface area contributed by atoms with Crippen molar-refractivity contribution in [2.75, 3.05) is 0 Å². The number of hydrogen-bond acceptors (Lipinski definition) is 2. The van der Waals surface area contributed by atoms with E-state index in [2.05, 4.69) is 17.5 Å². The lowest BCUT2D eigenvalue weighted by Crippen LogP contribution is -2.15. The van der Waals surface area contributed by atoms with Crippen molar-refractivity contribution in [2.45, 2.75) is 31.8 Å². The second kappa shape index (κ2) is 3.35. The van der Waals surface area contributed by atoms with Crippen LogP contribution in [0.4, 0.5) is 0 Å². The van der Waals surface area contributed by atoms with E-state index < -0.39 is 0 Å². The molecule has 2 heteroatoms. The molecule has 0 radical (unpaired) electrons. The Kier molecular flexibility index (Phi) is 2.14. The van der Waals surface area contributed by atoms with E-state index in [0.717, 1.165) is 18.3 Å². The molecule has 0 amide bonds. The Morgan fingerprint density at radius 3 is 2.86 bits per heavy atom. The molecular formula is C12H16OS. The average molecular weight is 208 g/mol. The van der Waals surface area contributed by atoms with Gasteiger partial charge in [-0.3, -0.25) is 0 Å². The third-order valence-electron chi connectivity index (χ3n) is 3.91. The molecule has 2 fully saturated rings. The maximum atomic E-state index is 10.1. The van der Waals surface area contributed by atoms with Crippen LogP contribution in [-0.4, -0.2) is 11.2 Å². The highest BCUT2D eigenvalue weighted by Gasteiger charge is 2.55. The number of thiophene rings is 1. The normalized spacial score (nSPS) is 36.8. The van der Waals surface area contributed by atoms with Crippen LogP contribution in [0.25, 0.3) is 0 Å². The summed E-state index contributed by atoms with van der Waals surface area (Å²) in [4.78, 5) is 1.34. The summed E-state index contributed by atoms with van der Waals surface area (Å²) >= 11 is 1.76. The Labute approximate surface area is 88.8 Å². The second-order valence-electron chi connectivity index (χ2n) is 4.69. The smallest absolute Gasteiger partial charge is 0.0622 e. The van der Waals surface area contributed by atoms with Crippen LogP contribution >= 0.6 is 11.3 Å². The van der Waals surface area contributed by atoms with E-state index in [-0.39, 0.29) is 6.10 Å². The van der Waals surface area contributed by atoms with E-state index in [0.29, 0.717) is 5.92 Å². The van der Waals surface area contributed by atoms with Crippen molar-refractivity contribution >= 4 is 11.3 Å². The van der Waals surface area contributed by atoms with Gasteiger partial charge in [0.2, 0.25) is 0 Å². The second-order valence-corrected chi connectivity index (χ2v) is 5.72. The van der Waals surface area contributed by atoms with Crippen LogP contribution in [-0.2, 0) is 6.42 Å². The first-order valence-corrected chi connectivity index (χ1v) is 6.44. The topological polar surface area (TPSA) is 20.2 Å². The van der Waals surface area contributed by atoms with Gasteiger partial charge in [-0.2, -0.15) is 0 Å². The summed E-state index contributed by atoms with van der Waals surface area (Å²) < 4.78 is 0. The average Bonchev–Trinajstić information content (AvgIpc) is 2.63. The molecule has 3 atom stereocenters. The first kappa shape index (κ1) is 8.93. The molecule has 3 unspecified atom stereocenters. The number of hydrogen-bond donors (Lipinski definition) is 1. The predicted molar refractivity (Wildman–Crippen MR) is 58.4 cm³/mol. The molecule has 1 aromatic heterocycles. The van der Waals surface area contributed by atoms with Gasteiger partial charge < -0.3 is 5.11 Å². The van der Waals surface area contributed by atoms with Gasteiger partial charge in [0.25, 0.3) is 0 Å². The largest absolute Gasteiger partial charge is 0.392 e. The van der Waals surface area contributed by atoms with E-state index in [4.69, 9.17) is 0 Å². The van der Waals surface area contributed by atoms with Crippen molar-refractivity contribution in [3.05, 3.63) is 22.4 Å². The fraction of sp³-hybridized carbons (Fsp3) is 0.667. The molecular weight excluding hydrogens is 192 g/mol. The number of aliphatic hydroxyl groups is 1. The van der Waals surface area contributed by atoms with Crippen LogP contribution in [0.2, 0.25) is 0 Å². The van der Waals surface area contributed by atoms with Crippen molar-refractivity contribution < 1.29 is 5.11 Å². The highest BCUT2D eigenvalue weighted by atomic mass is 32.1. The highest BCUT2D eigenvalue weighted by molar-refractivity contribution is 7.09. The van der Waals surface area contributed by atoms with Crippen molar-refractivity contribution in [1.29, 1.82) is 0 Å². The summed E-state index contributed by atoms with van der Waals surface area (Å²) in [6.07, 6.45) is 4.96. The number of fused-ring (bicyclic) bond motifs is 1. The molecule has 0 aliphatic heterocycles. The Balaban J connectivity index is 1.59. The van der Waals surface area contributed by atoms with E-state index in [1.165, 1.54) is 24.1 Å². The molecule has 0 saturated heterocycles. The third-order valence-corrected chi connectivity index (χ3v) is 4.81. The first-order valence-electron chi connectivity index (χ1n) is 5.56. The molecule has 0 bridgehead atoms. The highest BCUT2D eigenvalue weighted by Crippen LogP contribution is 2.59. The molecule has 14 heavy (non-hydrogen) atoms. The zero-order valence-electron chi connectivity index (χ0n) is 8.23. The summed E-state index contributed by atoms with van der Waals surface area (Å²) in [5.74, 6) is 2.40. The summed E-state index contributed by atoms with van der Waals surface area (Å²) in [6.45, 7) is 0. The van der Waals surface area contributed by atoms with Crippen molar-refractivity contribution in [3.63, 3.8) is 0 Å². The molecule has 2 aliphatic carbocycles. The molecule has 3 rings (SSSR count). The molecule has 2 saturated carbocycles. The fourth-order valence-corrected chi connectivity index (χ4v) is 3.97. The summed E-state index contributed by atoms with van der Waals surface area (Å²) in [5, 5.41) is 12.2. The minimum atomic E-state index is -0.0658. The van der Waals surface area contributed by atoms with Crippen LogP contribution in [0, 0.1) is 17.8 Å². The van der Waals surface area contributed by atoms with Gasteiger partial charge in [-0.15, -0.1) is 11.3 Å². The monoisotopic (exact) mass is 208 g/mol. The number of aliphatic hydroxyl groups excluding tert-OH is 1. The van der Waals surface area contributed by atoms with E-state index >= 15 is 0 Å². The van der Waals surface area contributed by atoms with Crippen molar-refractivity contribution in [1.82, 2.24) is 0 Å². The molecule has 1 nitrogen and oxygen atoms in total. The predicted octanol–water partition coefficient (Wildman–Crippen LogP) is 2.70. The molecule has 1 N–H and O–H groups in total. The van der Waals surface area contributed by atoms with Crippen molar-refractivity contribution in [3.8, 4) is 0 Å². The zero-order chi connectivity index (χ0) is 9.54. The number of rotatable bonds is 3. The lowest BCUT2D eigenvalue weighted by atomic mass is 10.0. The van der Waals surface area contributed by atoms with Gasteiger partial charge in [0.1, 0.15) is 0 Å². The quantitative estimate of drug-likeness (QED) is 0.809. The fourth-order valence-electron chi connectivity index (χ4n) is 3.22. The van der Waals surface area contributed by atoms with Gasteiger partial charge in [-0.25, -0.2) is 0 Å². The van der Waals surface area contributed by atoms with E-state index in [9.17, 15) is 5.11 Å². The summed E-state index contributed by atoms with van der Waals surface area (Å²) in [5.41, 5.74) is 0. The molecule has 76 valence electrons. The molecule has 1 aromatic rings. The Bertz CT molecular complexity index is 296. The van der Waals surface area contributed by atoms with Gasteiger partial charge in [0.15, 0.2) is 0 Å².